The zero-order chi connectivity index (χ0) is 15.6. The molecule has 8 heteroatoms. The molecule has 1 aliphatic heterocycles. The molecule has 2 rings (SSSR count). The summed E-state index contributed by atoms with van der Waals surface area (Å²) in [5, 5.41) is 46.7. The minimum absolute atomic E-state index is 0. The molecule has 6 atom stereocenters. The Bertz CT molecular complexity index is 487. The van der Waals surface area contributed by atoms with Gasteiger partial charge in [-0.3, -0.25) is 5.41 Å². The van der Waals surface area contributed by atoms with Crippen molar-refractivity contribution in [1.29, 1.82) is 5.41 Å². The van der Waals surface area contributed by atoms with Gasteiger partial charge in [0.1, 0.15) is 36.4 Å². The van der Waals surface area contributed by atoms with Gasteiger partial charge in [0.25, 0.3) is 0 Å². The summed E-state index contributed by atoms with van der Waals surface area (Å²) in [7, 11) is 0. The zero-order valence-corrected chi connectivity index (χ0v) is 14.1. The van der Waals surface area contributed by atoms with E-state index in [1.54, 1.807) is 30.3 Å². The minimum Gasteiger partial charge on any atom is -0.394 e. The number of halogens is 1. The average Bonchev–Trinajstić information content (AvgIpc) is 2.48. The monoisotopic (exact) mass is 424 g/mol. The van der Waals surface area contributed by atoms with Crippen molar-refractivity contribution >= 4 is 29.8 Å². The van der Waals surface area contributed by atoms with Gasteiger partial charge in [0, 0.05) is 0 Å². The Balaban J connectivity index is 0.00000242. The smallest absolute Gasteiger partial charge is 0.111 e. The fraction of sp³-hybridized carbons (Fsp3) is 0.500. The molecule has 0 bridgehead atoms. The normalized spacial score (nSPS) is 32.8. The second-order valence-corrected chi connectivity index (χ2v) is 5.14. The number of hydrogen-bond acceptors (Lipinski definition) is 6. The first-order chi connectivity index (χ1) is 9.97. The minimum atomic E-state index is -1.48. The van der Waals surface area contributed by atoms with Crippen LogP contribution in [0.5, 0.6) is 0 Å². The Hall–Kier alpha value is -0.780. The lowest BCUT2D eigenvalue weighted by atomic mass is 9.83. The first kappa shape index (κ1) is 19.3. The van der Waals surface area contributed by atoms with E-state index in [1.807, 2.05) is 0 Å². The summed E-state index contributed by atoms with van der Waals surface area (Å²) in [6, 6.07) is 8.78. The fourth-order valence-corrected chi connectivity index (χ4v) is 2.61. The summed E-state index contributed by atoms with van der Waals surface area (Å²) in [5.74, 6) is -1.01. The third kappa shape index (κ3) is 3.76. The molecule has 1 unspecified atom stereocenters. The first-order valence-corrected chi connectivity index (χ1v) is 6.66. The molecule has 7 nitrogen and oxygen atoms in total. The quantitative estimate of drug-likeness (QED) is 0.212. The maximum Gasteiger partial charge on any atom is 0.111 e. The van der Waals surface area contributed by atoms with Crippen molar-refractivity contribution in [3.05, 3.63) is 35.9 Å². The molecule has 1 aliphatic rings. The van der Waals surface area contributed by atoms with Gasteiger partial charge in [0.2, 0.25) is 0 Å². The second kappa shape index (κ2) is 8.18. The van der Waals surface area contributed by atoms with Crippen LogP contribution in [0.1, 0.15) is 11.5 Å². The molecule has 1 heterocycles. The Morgan fingerprint density at radius 3 is 2.23 bits per heavy atom. The number of nitrogens with one attached hydrogen (secondary N) is 1. The van der Waals surface area contributed by atoms with E-state index in [9.17, 15) is 20.4 Å². The lowest BCUT2D eigenvalue weighted by Crippen LogP contribution is -2.61. The molecule has 1 aromatic rings. The van der Waals surface area contributed by atoms with Crippen molar-refractivity contribution in [2.75, 3.05) is 6.61 Å². The highest BCUT2D eigenvalue weighted by Gasteiger charge is 2.47. The number of nitrogens with two attached hydrogens (primary N) is 1. The molecule has 0 amide bonds. The average molecular weight is 424 g/mol. The molecule has 124 valence electrons. The highest BCUT2D eigenvalue weighted by Crippen LogP contribution is 2.31. The molecular formula is C14H21IN2O5. The lowest BCUT2D eigenvalue weighted by Gasteiger charge is -2.43. The zero-order valence-electron chi connectivity index (χ0n) is 11.7. The molecule has 22 heavy (non-hydrogen) atoms. The van der Waals surface area contributed by atoms with Crippen molar-refractivity contribution in [1.82, 2.24) is 0 Å². The van der Waals surface area contributed by atoms with Gasteiger partial charge in [-0.25, -0.2) is 0 Å². The summed E-state index contributed by atoms with van der Waals surface area (Å²) in [6.07, 6.45) is -6.37. The molecule has 1 fully saturated rings. The summed E-state index contributed by atoms with van der Waals surface area (Å²) in [6.45, 7) is -0.513. The second-order valence-electron chi connectivity index (χ2n) is 5.14. The van der Waals surface area contributed by atoms with Crippen LogP contribution in [0, 0.1) is 5.41 Å². The van der Waals surface area contributed by atoms with Crippen LogP contribution in [-0.4, -0.2) is 63.4 Å². The van der Waals surface area contributed by atoms with Gasteiger partial charge in [-0.15, -0.1) is 24.0 Å². The molecule has 0 radical (unpaired) electrons. The predicted octanol–water partition coefficient (Wildman–Crippen LogP) is -0.833. The van der Waals surface area contributed by atoms with Gasteiger partial charge < -0.3 is 30.9 Å². The maximum atomic E-state index is 10.1. The van der Waals surface area contributed by atoms with Gasteiger partial charge in [-0.1, -0.05) is 30.3 Å². The lowest BCUT2D eigenvalue weighted by molar-refractivity contribution is -0.230. The SMILES string of the molecule is I.N=C(N)C(c1ccccc1)[C@@H]1O[C@H](CO)[C@H](O)[C@H](O)[C@H]1O. The first-order valence-electron chi connectivity index (χ1n) is 6.66. The maximum absolute atomic E-state index is 10.1. The van der Waals surface area contributed by atoms with E-state index in [4.69, 9.17) is 15.9 Å². The molecule has 0 aliphatic carbocycles. The highest BCUT2D eigenvalue weighted by atomic mass is 127. The van der Waals surface area contributed by atoms with Crippen LogP contribution in [0.4, 0.5) is 0 Å². The summed E-state index contributed by atoms with van der Waals surface area (Å²) in [4.78, 5) is 0. The van der Waals surface area contributed by atoms with Crippen LogP contribution in [0.2, 0.25) is 0 Å². The van der Waals surface area contributed by atoms with Crippen molar-refractivity contribution in [3.8, 4) is 0 Å². The fourth-order valence-electron chi connectivity index (χ4n) is 2.61. The van der Waals surface area contributed by atoms with E-state index in [-0.39, 0.29) is 29.8 Å². The largest absolute Gasteiger partial charge is 0.394 e. The molecule has 0 spiro atoms. The topological polar surface area (TPSA) is 140 Å². The summed E-state index contributed by atoms with van der Waals surface area (Å²) in [5.41, 5.74) is 6.26. The van der Waals surface area contributed by atoms with E-state index in [2.05, 4.69) is 0 Å². The third-order valence-electron chi connectivity index (χ3n) is 3.75. The van der Waals surface area contributed by atoms with E-state index in [0.717, 1.165) is 0 Å². The number of amidine groups is 1. The standard InChI is InChI=1S/C14H20N2O5.HI/c15-14(16)9(7-4-2-1-3-5-7)13-12(20)11(19)10(18)8(6-17)21-13;/h1-5,8-13,17-20H,6H2,(H3,15,16);1H/t8-,9?,10+,11+,12-,13+;/m1./s1. The van der Waals surface area contributed by atoms with Gasteiger partial charge >= 0.3 is 0 Å². The predicted molar refractivity (Wildman–Crippen MR) is 90.3 cm³/mol. The van der Waals surface area contributed by atoms with Gasteiger partial charge in [-0.05, 0) is 5.56 Å². The molecule has 0 saturated carbocycles. The Labute approximate surface area is 145 Å². The Morgan fingerprint density at radius 1 is 1.14 bits per heavy atom. The highest BCUT2D eigenvalue weighted by molar-refractivity contribution is 14.0. The number of aliphatic hydroxyl groups excluding tert-OH is 4. The van der Waals surface area contributed by atoms with Crippen molar-refractivity contribution in [2.24, 2.45) is 5.73 Å². The number of aliphatic hydroxyl groups is 4. The van der Waals surface area contributed by atoms with Crippen LogP contribution >= 0.6 is 24.0 Å². The summed E-state index contributed by atoms with van der Waals surface area (Å²) >= 11 is 0. The molecule has 0 aromatic heterocycles. The van der Waals surface area contributed by atoms with Gasteiger partial charge in [0.05, 0.1) is 12.5 Å². The van der Waals surface area contributed by atoms with Crippen LogP contribution in [0.3, 0.4) is 0 Å². The van der Waals surface area contributed by atoms with E-state index in [0.29, 0.717) is 5.56 Å². The Morgan fingerprint density at radius 2 is 1.73 bits per heavy atom. The van der Waals surface area contributed by atoms with Gasteiger partial charge in [-0.2, -0.15) is 0 Å². The molecule has 1 aromatic carbocycles. The van der Waals surface area contributed by atoms with Crippen molar-refractivity contribution in [2.45, 2.75) is 36.4 Å². The molecular weight excluding hydrogens is 403 g/mol. The number of ether oxygens (including phenoxy) is 1. The van der Waals surface area contributed by atoms with Crippen LogP contribution in [0.15, 0.2) is 30.3 Å². The van der Waals surface area contributed by atoms with Crippen molar-refractivity contribution < 1.29 is 25.2 Å². The summed E-state index contributed by atoms with van der Waals surface area (Å²) < 4.78 is 5.48. The molecule has 1 saturated heterocycles. The Kier molecular flexibility index (Phi) is 7.16. The van der Waals surface area contributed by atoms with E-state index >= 15 is 0 Å². The van der Waals surface area contributed by atoms with Gasteiger partial charge in [0.15, 0.2) is 0 Å². The van der Waals surface area contributed by atoms with Crippen LogP contribution in [0.25, 0.3) is 0 Å². The number of rotatable bonds is 4. The van der Waals surface area contributed by atoms with E-state index in [1.165, 1.54) is 0 Å². The third-order valence-corrected chi connectivity index (χ3v) is 3.75. The number of benzene rings is 1. The van der Waals surface area contributed by atoms with Crippen LogP contribution < -0.4 is 5.73 Å². The van der Waals surface area contributed by atoms with Crippen molar-refractivity contribution in [3.63, 3.8) is 0 Å². The number of hydrogen-bond donors (Lipinski definition) is 6. The van der Waals surface area contributed by atoms with E-state index < -0.39 is 43.0 Å². The van der Waals surface area contributed by atoms with Crippen LogP contribution in [-0.2, 0) is 4.74 Å². The molecule has 7 N–H and O–H groups in total.